The van der Waals surface area contributed by atoms with Gasteiger partial charge >= 0.3 is 0 Å². The number of benzene rings is 5. The molecule has 1 unspecified atom stereocenters. The summed E-state index contributed by atoms with van der Waals surface area (Å²) in [5.41, 5.74) is 2.29. The monoisotopic (exact) mass is 682 g/mol. The molecule has 9 nitrogen and oxygen atoms in total. The molecule has 0 aromatic heterocycles. The van der Waals surface area contributed by atoms with Crippen LogP contribution in [0.5, 0.6) is 5.75 Å². The van der Waals surface area contributed by atoms with Crippen LogP contribution in [0.3, 0.4) is 0 Å². The first kappa shape index (κ1) is 33.8. The standard InChI is InChI=1S/C42H42N4O5/c1-45-19-7-14-38(44-40(48)23-29-16-18-31-9-3-5-11-33(31)21-29)42(50)46-26-35(25-36(46)27-51-37-13-6-12-34(24-37)41(45)49)43-39(47)22-28-15-17-30-8-2-4-10-32(30)20-28/h2-6,8-13,15-18,20-21,24,35-36,38H,7,14,19,22-23,25-27H2,1H3,(H,43,47)(H,44,48)/t35?,36-,38-/m0/s1. The van der Waals surface area contributed by atoms with Crippen LogP contribution < -0.4 is 15.4 Å². The van der Waals surface area contributed by atoms with Gasteiger partial charge in [0.25, 0.3) is 5.91 Å². The Labute approximate surface area is 297 Å². The zero-order valence-corrected chi connectivity index (χ0v) is 28.7. The molecule has 2 aliphatic rings. The number of ether oxygens (including phenoxy) is 1. The molecule has 2 aliphatic heterocycles. The average molecular weight is 683 g/mol. The van der Waals surface area contributed by atoms with Crippen LogP contribution in [0.4, 0.5) is 0 Å². The zero-order chi connectivity index (χ0) is 35.3. The minimum Gasteiger partial charge on any atom is -0.491 e. The highest BCUT2D eigenvalue weighted by molar-refractivity contribution is 5.94. The molecule has 260 valence electrons. The predicted molar refractivity (Wildman–Crippen MR) is 197 cm³/mol. The van der Waals surface area contributed by atoms with Crippen molar-refractivity contribution in [3.05, 3.63) is 126 Å². The van der Waals surface area contributed by atoms with Gasteiger partial charge in [-0.1, -0.05) is 91.0 Å². The number of carbonyl (C=O) groups is 4. The first-order chi connectivity index (χ1) is 24.8. The molecule has 2 bridgehead atoms. The summed E-state index contributed by atoms with van der Waals surface area (Å²) in [4.78, 5) is 57.8. The molecule has 5 aromatic rings. The van der Waals surface area contributed by atoms with Crippen LogP contribution in [0.25, 0.3) is 21.5 Å². The first-order valence-corrected chi connectivity index (χ1v) is 17.6. The lowest BCUT2D eigenvalue weighted by Crippen LogP contribution is -2.52. The summed E-state index contributed by atoms with van der Waals surface area (Å²) in [5, 5.41) is 10.5. The Kier molecular flexibility index (Phi) is 9.97. The average Bonchev–Trinajstić information content (AvgIpc) is 3.54. The van der Waals surface area contributed by atoms with E-state index >= 15 is 0 Å². The smallest absolute Gasteiger partial charge is 0.253 e. The largest absolute Gasteiger partial charge is 0.491 e. The Morgan fingerprint density at radius 1 is 0.745 bits per heavy atom. The minimum absolute atomic E-state index is 0.121. The van der Waals surface area contributed by atoms with Crippen LogP contribution >= 0.6 is 0 Å². The summed E-state index contributed by atoms with van der Waals surface area (Å²) < 4.78 is 6.19. The van der Waals surface area contributed by atoms with Gasteiger partial charge in [-0.2, -0.15) is 0 Å². The lowest BCUT2D eigenvalue weighted by molar-refractivity contribution is -0.138. The van der Waals surface area contributed by atoms with Gasteiger partial charge in [0, 0.05) is 31.7 Å². The van der Waals surface area contributed by atoms with Gasteiger partial charge < -0.3 is 25.2 Å². The van der Waals surface area contributed by atoms with E-state index < -0.39 is 6.04 Å². The van der Waals surface area contributed by atoms with E-state index in [0.29, 0.717) is 43.7 Å². The molecule has 7 rings (SSSR count). The van der Waals surface area contributed by atoms with Gasteiger partial charge in [0.2, 0.25) is 17.7 Å². The second-order valence-corrected chi connectivity index (χ2v) is 13.7. The van der Waals surface area contributed by atoms with Gasteiger partial charge in [-0.25, -0.2) is 0 Å². The summed E-state index contributed by atoms with van der Waals surface area (Å²) in [6, 6.07) is 33.6. The second kappa shape index (κ2) is 15.0. The quantitative estimate of drug-likeness (QED) is 0.253. The molecule has 0 saturated carbocycles. The highest BCUT2D eigenvalue weighted by Gasteiger charge is 2.39. The van der Waals surface area contributed by atoms with E-state index in [4.69, 9.17) is 4.74 Å². The zero-order valence-electron chi connectivity index (χ0n) is 28.7. The Hall–Kier alpha value is -5.70. The summed E-state index contributed by atoms with van der Waals surface area (Å²) in [6.07, 6.45) is 1.70. The number of carbonyl (C=O) groups excluding carboxylic acids is 4. The van der Waals surface area contributed by atoms with Crippen LogP contribution in [0, 0.1) is 0 Å². The number of fused-ring (bicyclic) bond motifs is 5. The topological polar surface area (TPSA) is 108 Å². The fourth-order valence-corrected chi connectivity index (χ4v) is 7.26. The van der Waals surface area contributed by atoms with Gasteiger partial charge in [-0.05, 0) is 70.1 Å². The summed E-state index contributed by atoms with van der Waals surface area (Å²) >= 11 is 0. The Balaban J connectivity index is 1.09. The Morgan fingerprint density at radius 2 is 1.37 bits per heavy atom. The van der Waals surface area contributed by atoms with Crippen LogP contribution in [0.15, 0.2) is 109 Å². The molecular formula is C42H42N4O5. The lowest BCUT2D eigenvalue weighted by atomic mass is 10.0. The van der Waals surface area contributed by atoms with Crippen molar-refractivity contribution in [1.82, 2.24) is 20.4 Å². The third kappa shape index (κ3) is 8.04. The van der Waals surface area contributed by atoms with Gasteiger partial charge in [0.05, 0.1) is 18.9 Å². The highest BCUT2D eigenvalue weighted by Crippen LogP contribution is 2.24. The van der Waals surface area contributed by atoms with Crippen molar-refractivity contribution >= 4 is 45.2 Å². The molecular weight excluding hydrogens is 640 g/mol. The fourth-order valence-electron chi connectivity index (χ4n) is 7.26. The molecule has 3 atom stereocenters. The van der Waals surface area contributed by atoms with Crippen LogP contribution in [-0.2, 0) is 27.2 Å². The van der Waals surface area contributed by atoms with E-state index in [2.05, 4.69) is 10.6 Å². The highest BCUT2D eigenvalue weighted by atomic mass is 16.5. The second-order valence-electron chi connectivity index (χ2n) is 13.7. The lowest BCUT2D eigenvalue weighted by Gasteiger charge is -2.30. The summed E-state index contributed by atoms with van der Waals surface area (Å²) in [7, 11) is 1.73. The van der Waals surface area contributed by atoms with Crippen molar-refractivity contribution in [3.8, 4) is 5.75 Å². The van der Waals surface area contributed by atoms with Gasteiger partial charge in [-0.15, -0.1) is 0 Å². The van der Waals surface area contributed by atoms with Crippen LogP contribution in [0.1, 0.15) is 40.7 Å². The van der Waals surface area contributed by atoms with E-state index in [-0.39, 0.29) is 55.2 Å². The number of amides is 4. The molecule has 4 amide bonds. The molecule has 2 heterocycles. The number of nitrogens with one attached hydrogen (secondary N) is 2. The molecule has 1 fully saturated rings. The van der Waals surface area contributed by atoms with Crippen molar-refractivity contribution in [3.63, 3.8) is 0 Å². The number of nitrogens with zero attached hydrogens (tertiary/aromatic N) is 2. The third-order valence-electron chi connectivity index (χ3n) is 9.91. The molecule has 2 N–H and O–H groups in total. The van der Waals surface area contributed by atoms with Gasteiger partial charge in [0.1, 0.15) is 18.4 Å². The van der Waals surface area contributed by atoms with Crippen molar-refractivity contribution in [2.75, 3.05) is 26.7 Å². The molecule has 9 heteroatoms. The van der Waals surface area contributed by atoms with E-state index in [1.807, 2.05) is 84.9 Å². The minimum atomic E-state index is -0.809. The molecule has 1 saturated heterocycles. The maximum atomic E-state index is 14.4. The molecule has 5 aromatic carbocycles. The normalized spacial score (nSPS) is 19.7. The van der Waals surface area contributed by atoms with E-state index in [9.17, 15) is 19.2 Å². The van der Waals surface area contributed by atoms with E-state index in [1.54, 1.807) is 41.1 Å². The first-order valence-electron chi connectivity index (χ1n) is 17.6. The van der Waals surface area contributed by atoms with Crippen molar-refractivity contribution in [2.24, 2.45) is 0 Å². The third-order valence-corrected chi connectivity index (χ3v) is 9.91. The van der Waals surface area contributed by atoms with E-state index in [0.717, 1.165) is 32.7 Å². The summed E-state index contributed by atoms with van der Waals surface area (Å²) in [6.45, 7) is 0.880. The summed E-state index contributed by atoms with van der Waals surface area (Å²) in [5.74, 6) is -0.206. The van der Waals surface area contributed by atoms with Crippen LogP contribution in [0.2, 0.25) is 0 Å². The number of rotatable bonds is 6. The molecule has 51 heavy (non-hydrogen) atoms. The van der Waals surface area contributed by atoms with Crippen molar-refractivity contribution in [1.29, 1.82) is 0 Å². The van der Waals surface area contributed by atoms with Gasteiger partial charge in [0.15, 0.2) is 0 Å². The van der Waals surface area contributed by atoms with Gasteiger partial charge in [-0.3, -0.25) is 19.2 Å². The molecule has 0 aliphatic carbocycles. The number of hydrogen-bond acceptors (Lipinski definition) is 5. The SMILES string of the molecule is CN1CCC[C@H](NC(=O)Cc2ccc3ccccc3c2)C(=O)N2CC(NC(=O)Cc3ccc4ccccc4c3)C[C@H]2COc2cccc(c2)C1=O. The maximum absolute atomic E-state index is 14.4. The molecule has 0 radical (unpaired) electrons. The Bertz CT molecular complexity index is 2100. The van der Waals surface area contributed by atoms with E-state index in [1.165, 1.54) is 0 Å². The van der Waals surface area contributed by atoms with Crippen molar-refractivity contribution in [2.45, 2.75) is 50.2 Å². The fraction of sp³-hybridized carbons (Fsp3) is 0.286. The van der Waals surface area contributed by atoms with Crippen LogP contribution in [-0.4, -0.2) is 78.3 Å². The predicted octanol–water partition coefficient (Wildman–Crippen LogP) is 5.29. The number of hydrogen-bond donors (Lipinski definition) is 2. The molecule has 0 spiro atoms. The Morgan fingerprint density at radius 3 is 2.04 bits per heavy atom. The maximum Gasteiger partial charge on any atom is 0.253 e. The van der Waals surface area contributed by atoms with Crippen molar-refractivity contribution < 1.29 is 23.9 Å².